The van der Waals surface area contributed by atoms with Crippen LogP contribution in [0.3, 0.4) is 0 Å². The SMILES string of the molecule is CO[C@H]1O/C(=C\OC(=O)C2=CC(C(C)(C)C)C(O)C(C(C)(C)C)=C2)[C@@H](O)C(O)[C@H]1O. The average Bonchev–Trinajstić information content (AvgIpc) is 2.63. The van der Waals surface area contributed by atoms with Gasteiger partial charge in [-0.3, -0.25) is 0 Å². The molecule has 30 heavy (non-hydrogen) atoms. The number of carbonyl (C=O) groups is 1. The molecule has 4 N–H and O–H groups in total. The van der Waals surface area contributed by atoms with Crippen LogP contribution in [0.4, 0.5) is 0 Å². The van der Waals surface area contributed by atoms with Crippen molar-refractivity contribution in [3.8, 4) is 0 Å². The van der Waals surface area contributed by atoms with E-state index in [1.54, 1.807) is 12.2 Å². The maximum absolute atomic E-state index is 12.8. The number of methoxy groups -OCH3 is 1. The van der Waals surface area contributed by atoms with Gasteiger partial charge in [0, 0.05) is 13.0 Å². The molecule has 0 aromatic rings. The summed E-state index contributed by atoms with van der Waals surface area (Å²) < 4.78 is 15.4. The minimum atomic E-state index is -1.58. The Kier molecular flexibility index (Phi) is 7.21. The van der Waals surface area contributed by atoms with E-state index in [0.717, 1.165) is 11.8 Å². The van der Waals surface area contributed by atoms with Crippen molar-refractivity contribution in [2.45, 2.75) is 72.2 Å². The molecule has 1 fully saturated rings. The fraction of sp³-hybridized carbons (Fsp3) is 0.682. The van der Waals surface area contributed by atoms with E-state index in [2.05, 4.69) is 0 Å². The Morgan fingerprint density at radius 1 is 1.03 bits per heavy atom. The van der Waals surface area contributed by atoms with Crippen molar-refractivity contribution in [3.63, 3.8) is 0 Å². The third-order valence-electron chi connectivity index (χ3n) is 5.44. The summed E-state index contributed by atoms with van der Waals surface area (Å²) >= 11 is 0. The highest BCUT2D eigenvalue weighted by Crippen LogP contribution is 2.42. The molecule has 2 rings (SSSR count). The first kappa shape index (κ1) is 24.6. The van der Waals surface area contributed by atoms with Gasteiger partial charge in [0.15, 0.2) is 5.76 Å². The molecule has 170 valence electrons. The summed E-state index contributed by atoms with van der Waals surface area (Å²) in [6.07, 6.45) is -2.32. The monoisotopic (exact) mass is 426 g/mol. The van der Waals surface area contributed by atoms with Crippen LogP contribution in [0.5, 0.6) is 0 Å². The van der Waals surface area contributed by atoms with Crippen molar-refractivity contribution >= 4 is 5.97 Å². The Morgan fingerprint density at radius 3 is 2.13 bits per heavy atom. The second-order valence-electron chi connectivity index (χ2n) is 9.88. The molecule has 1 heterocycles. The van der Waals surface area contributed by atoms with Crippen molar-refractivity contribution in [1.29, 1.82) is 0 Å². The first-order valence-electron chi connectivity index (χ1n) is 9.95. The van der Waals surface area contributed by atoms with Crippen molar-refractivity contribution in [3.05, 3.63) is 35.3 Å². The maximum atomic E-state index is 12.8. The van der Waals surface area contributed by atoms with Crippen LogP contribution in [0.1, 0.15) is 41.5 Å². The second-order valence-corrected chi connectivity index (χ2v) is 9.88. The molecule has 0 aromatic heterocycles. The van der Waals surface area contributed by atoms with E-state index in [1.165, 1.54) is 7.11 Å². The Bertz CT molecular complexity index is 735. The molecule has 0 saturated carbocycles. The second kappa shape index (κ2) is 8.80. The van der Waals surface area contributed by atoms with Gasteiger partial charge in [-0.05, 0) is 22.5 Å². The van der Waals surface area contributed by atoms with Crippen LogP contribution >= 0.6 is 0 Å². The Labute approximate surface area is 177 Å². The molecule has 1 aliphatic heterocycles. The number of hydrogen-bond acceptors (Lipinski definition) is 8. The lowest BCUT2D eigenvalue weighted by molar-refractivity contribution is -0.236. The number of carbonyl (C=O) groups excluding carboxylic acids is 1. The molecule has 8 heteroatoms. The zero-order chi connectivity index (χ0) is 23.0. The number of hydrogen-bond donors (Lipinski definition) is 4. The molecule has 8 nitrogen and oxygen atoms in total. The summed E-state index contributed by atoms with van der Waals surface area (Å²) in [5.74, 6) is -1.24. The van der Waals surface area contributed by atoms with Crippen LogP contribution < -0.4 is 0 Å². The minimum absolute atomic E-state index is 0.239. The third kappa shape index (κ3) is 5.12. The molecule has 1 saturated heterocycles. The molecule has 0 amide bonds. The van der Waals surface area contributed by atoms with Gasteiger partial charge in [0.25, 0.3) is 0 Å². The highest BCUT2D eigenvalue weighted by atomic mass is 16.7. The fourth-order valence-electron chi connectivity index (χ4n) is 3.54. The molecule has 6 atom stereocenters. The van der Waals surface area contributed by atoms with E-state index in [-0.39, 0.29) is 28.1 Å². The maximum Gasteiger partial charge on any atom is 0.342 e. The van der Waals surface area contributed by atoms with Gasteiger partial charge in [-0.15, -0.1) is 0 Å². The van der Waals surface area contributed by atoms with Gasteiger partial charge < -0.3 is 34.6 Å². The van der Waals surface area contributed by atoms with Crippen molar-refractivity contribution < 1.29 is 39.4 Å². The van der Waals surface area contributed by atoms with E-state index >= 15 is 0 Å². The molecular formula is C22H34O8. The van der Waals surface area contributed by atoms with Crippen LogP contribution in [0, 0.1) is 16.7 Å². The lowest BCUT2D eigenvalue weighted by Crippen LogP contribution is -2.52. The van der Waals surface area contributed by atoms with Gasteiger partial charge in [-0.1, -0.05) is 47.6 Å². The molecule has 3 unspecified atom stereocenters. The summed E-state index contributed by atoms with van der Waals surface area (Å²) in [6, 6.07) is 0. The third-order valence-corrected chi connectivity index (χ3v) is 5.44. The van der Waals surface area contributed by atoms with Gasteiger partial charge in [-0.25, -0.2) is 4.79 Å². The van der Waals surface area contributed by atoms with Gasteiger partial charge in [0.05, 0.1) is 11.7 Å². The zero-order valence-corrected chi connectivity index (χ0v) is 18.6. The molecule has 0 radical (unpaired) electrons. The molecule has 1 aliphatic carbocycles. The normalized spacial score (nSPS) is 34.2. The van der Waals surface area contributed by atoms with Crippen molar-refractivity contribution in [2.75, 3.05) is 7.11 Å². The largest absolute Gasteiger partial charge is 0.460 e. The predicted octanol–water partition coefficient (Wildman–Crippen LogP) is 1.39. The fourth-order valence-corrected chi connectivity index (χ4v) is 3.54. The van der Waals surface area contributed by atoms with E-state index < -0.39 is 36.7 Å². The zero-order valence-electron chi connectivity index (χ0n) is 18.6. The molecule has 0 aromatic carbocycles. The highest BCUT2D eigenvalue weighted by molar-refractivity contribution is 5.92. The Hall–Kier alpha value is -1.71. The van der Waals surface area contributed by atoms with E-state index in [9.17, 15) is 25.2 Å². The smallest absolute Gasteiger partial charge is 0.342 e. The van der Waals surface area contributed by atoms with E-state index in [1.807, 2.05) is 41.5 Å². The van der Waals surface area contributed by atoms with Crippen LogP contribution in [0.15, 0.2) is 35.3 Å². The van der Waals surface area contributed by atoms with Crippen LogP contribution in [-0.2, 0) is 19.0 Å². The van der Waals surface area contributed by atoms with Crippen LogP contribution in [0.2, 0.25) is 0 Å². The summed E-state index contributed by atoms with van der Waals surface area (Å²) in [7, 11) is 1.27. The molecule has 2 aliphatic rings. The number of aliphatic hydroxyl groups is 4. The quantitative estimate of drug-likeness (QED) is 0.394. The lowest BCUT2D eigenvalue weighted by Gasteiger charge is -2.40. The molecule has 0 bridgehead atoms. The highest BCUT2D eigenvalue weighted by Gasteiger charge is 2.42. The minimum Gasteiger partial charge on any atom is -0.460 e. The average molecular weight is 427 g/mol. The van der Waals surface area contributed by atoms with Gasteiger partial charge in [0.1, 0.15) is 24.6 Å². The lowest BCUT2D eigenvalue weighted by atomic mass is 9.67. The Morgan fingerprint density at radius 2 is 1.63 bits per heavy atom. The van der Waals surface area contributed by atoms with Crippen molar-refractivity contribution in [2.24, 2.45) is 16.7 Å². The standard InChI is InChI=1S/C22H34O8/c1-21(2,3)12-8-11(9-13(15(12)23)22(4,5)6)19(27)29-10-14-16(24)17(25)18(26)20(28-7)30-14/h8-10,12,15-18,20,23-26H,1-7H3/b14-10-/t12?,15?,16-,17?,18-,20+/m1/s1. The van der Waals surface area contributed by atoms with Crippen LogP contribution in [0.25, 0.3) is 0 Å². The van der Waals surface area contributed by atoms with Gasteiger partial charge in [0.2, 0.25) is 6.29 Å². The summed E-state index contributed by atoms with van der Waals surface area (Å²) in [6.45, 7) is 11.8. The summed E-state index contributed by atoms with van der Waals surface area (Å²) in [4.78, 5) is 12.8. The van der Waals surface area contributed by atoms with Crippen LogP contribution in [-0.4, -0.2) is 64.2 Å². The van der Waals surface area contributed by atoms with E-state index in [4.69, 9.17) is 14.2 Å². The first-order chi connectivity index (χ1) is 13.7. The first-order valence-corrected chi connectivity index (χ1v) is 9.95. The number of esters is 1. The predicted molar refractivity (Wildman–Crippen MR) is 109 cm³/mol. The number of ether oxygens (including phenoxy) is 3. The number of aliphatic hydroxyl groups excluding tert-OH is 4. The van der Waals surface area contributed by atoms with Gasteiger partial charge >= 0.3 is 5.97 Å². The van der Waals surface area contributed by atoms with E-state index in [0.29, 0.717) is 0 Å². The van der Waals surface area contributed by atoms with Gasteiger partial charge in [-0.2, -0.15) is 0 Å². The Balaban J connectivity index is 2.30. The topological polar surface area (TPSA) is 126 Å². The molecular weight excluding hydrogens is 392 g/mol. The van der Waals surface area contributed by atoms with Crippen molar-refractivity contribution in [1.82, 2.24) is 0 Å². The summed E-state index contributed by atoms with van der Waals surface area (Å²) in [5.41, 5.74) is 0.325. The molecule has 0 spiro atoms. The number of rotatable bonds is 3. The summed E-state index contributed by atoms with van der Waals surface area (Å²) in [5, 5.41) is 40.7.